The molecule has 134 valence electrons. The first-order valence-corrected chi connectivity index (χ1v) is 8.54. The maximum atomic E-state index is 13.8. The molecule has 1 heterocycles. The Morgan fingerprint density at radius 3 is 2.68 bits per heavy atom. The van der Waals surface area contributed by atoms with E-state index in [2.05, 4.69) is 12.3 Å². The molecule has 2 aromatic rings. The lowest BCUT2D eigenvalue weighted by atomic mass is 9.95. The highest BCUT2D eigenvalue weighted by Gasteiger charge is 2.47. The second kappa shape index (κ2) is 7.04. The number of carbonyl (C=O) groups excluding carboxylic acids is 1. The van der Waals surface area contributed by atoms with Gasteiger partial charge in [0.05, 0.1) is 0 Å². The number of nitrogens with one attached hydrogen (secondary N) is 1. The standard InChI is InChI=1S/C19H21F3N2O/c1-2-3-5-13-8-9-15-14(12-13)6-4-7-16(15)18(19(20,21)22)24-11-10-17(25)23-24/h4,6-9,12,18H,2-3,5,10-11H2,1H3,(H,23,25). The Morgan fingerprint density at radius 2 is 2.04 bits per heavy atom. The van der Waals surface area contributed by atoms with Crippen LogP contribution < -0.4 is 5.43 Å². The molecule has 1 aliphatic heterocycles. The van der Waals surface area contributed by atoms with Gasteiger partial charge in [0, 0.05) is 13.0 Å². The smallest absolute Gasteiger partial charge is 0.288 e. The molecule has 0 aliphatic carbocycles. The van der Waals surface area contributed by atoms with Gasteiger partial charge in [0.25, 0.3) is 0 Å². The number of hydrogen-bond donors (Lipinski definition) is 1. The van der Waals surface area contributed by atoms with E-state index in [0.29, 0.717) is 5.39 Å². The zero-order chi connectivity index (χ0) is 18.0. The summed E-state index contributed by atoms with van der Waals surface area (Å²) in [5, 5.41) is 2.37. The first-order valence-electron chi connectivity index (χ1n) is 8.54. The van der Waals surface area contributed by atoms with Crippen molar-refractivity contribution in [3.8, 4) is 0 Å². The first kappa shape index (κ1) is 17.7. The topological polar surface area (TPSA) is 32.3 Å². The van der Waals surface area contributed by atoms with Crippen molar-refractivity contribution in [1.82, 2.24) is 10.4 Å². The lowest BCUT2D eigenvalue weighted by molar-refractivity contribution is -0.190. The van der Waals surface area contributed by atoms with Crippen LogP contribution in [-0.2, 0) is 11.2 Å². The van der Waals surface area contributed by atoms with Crippen molar-refractivity contribution >= 4 is 16.7 Å². The quantitative estimate of drug-likeness (QED) is 0.860. The minimum atomic E-state index is -4.48. The molecule has 1 unspecified atom stereocenters. The van der Waals surface area contributed by atoms with Gasteiger partial charge in [-0.05, 0) is 34.7 Å². The van der Waals surface area contributed by atoms with Crippen molar-refractivity contribution in [3.05, 3.63) is 47.5 Å². The molecule has 1 fully saturated rings. The molecule has 0 saturated carbocycles. The van der Waals surface area contributed by atoms with Gasteiger partial charge in [-0.3, -0.25) is 10.2 Å². The van der Waals surface area contributed by atoms with Gasteiger partial charge in [-0.1, -0.05) is 49.7 Å². The van der Waals surface area contributed by atoms with Gasteiger partial charge in [-0.15, -0.1) is 0 Å². The van der Waals surface area contributed by atoms with Crippen LogP contribution in [0.1, 0.15) is 43.4 Å². The molecule has 1 N–H and O–H groups in total. The Labute approximate surface area is 144 Å². The number of aryl methyl sites for hydroxylation is 1. The highest BCUT2D eigenvalue weighted by atomic mass is 19.4. The number of carbonyl (C=O) groups is 1. The SMILES string of the molecule is CCCCc1ccc2c(C(N3CCC(=O)N3)C(F)(F)F)cccc2c1. The summed E-state index contributed by atoms with van der Waals surface area (Å²) in [7, 11) is 0. The van der Waals surface area contributed by atoms with E-state index in [1.54, 1.807) is 12.1 Å². The van der Waals surface area contributed by atoms with Crippen LogP contribution in [0.25, 0.3) is 10.8 Å². The molecule has 25 heavy (non-hydrogen) atoms. The summed E-state index contributed by atoms with van der Waals surface area (Å²) in [6.07, 6.45) is -1.36. The average molecular weight is 350 g/mol. The predicted molar refractivity (Wildman–Crippen MR) is 90.8 cm³/mol. The second-order valence-corrected chi connectivity index (χ2v) is 6.43. The molecular weight excluding hydrogens is 329 g/mol. The van der Waals surface area contributed by atoms with E-state index in [1.807, 2.05) is 18.2 Å². The molecule has 3 nitrogen and oxygen atoms in total. The number of halogens is 3. The molecule has 2 aromatic carbocycles. The van der Waals surface area contributed by atoms with E-state index in [4.69, 9.17) is 0 Å². The van der Waals surface area contributed by atoms with E-state index >= 15 is 0 Å². The largest absolute Gasteiger partial charge is 0.409 e. The third kappa shape index (κ3) is 3.79. The minimum absolute atomic E-state index is 0.0496. The lowest BCUT2D eigenvalue weighted by Crippen LogP contribution is -2.43. The average Bonchev–Trinajstić information content (AvgIpc) is 2.97. The zero-order valence-electron chi connectivity index (χ0n) is 14.1. The van der Waals surface area contributed by atoms with E-state index < -0.39 is 12.2 Å². The van der Waals surface area contributed by atoms with E-state index in [9.17, 15) is 18.0 Å². The number of nitrogens with zero attached hydrogens (tertiary/aromatic N) is 1. The van der Waals surface area contributed by atoms with Crippen LogP contribution in [0.3, 0.4) is 0 Å². The van der Waals surface area contributed by atoms with Crippen molar-refractivity contribution in [1.29, 1.82) is 0 Å². The fraction of sp³-hybridized carbons (Fsp3) is 0.421. The van der Waals surface area contributed by atoms with Gasteiger partial charge in [0.15, 0.2) is 6.04 Å². The monoisotopic (exact) mass is 350 g/mol. The van der Waals surface area contributed by atoms with Gasteiger partial charge in [0.1, 0.15) is 0 Å². The number of hydrazine groups is 1. The van der Waals surface area contributed by atoms with Crippen LogP contribution in [0.5, 0.6) is 0 Å². The van der Waals surface area contributed by atoms with Crippen molar-refractivity contribution in [2.24, 2.45) is 0 Å². The van der Waals surface area contributed by atoms with Crippen LogP contribution in [0, 0.1) is 0 Å². The fourth-order valence-corrected chi connectivity index (χ4v) is 3.34. The van der Waals surface area contributed by atoms with Gasteiger partial charge in [0.2, 0.25) is 5.91 Å². The normalized spacial score (nSPS) is 17.0. The molecule has 0 radical (unpaired) electrons. The number of rotatable bonds is 5. The zero-order valence-corrected chi connectivity index (χ0v) is 14.1. The fourth-order valence-electron chi connectivity index (χ4n) is 3.34. The third-order valence-corrected chi connectivity index (χ3v) is 4.56. The van der Waals surface area contributed by atoms with Crippen molar-refractivity contribution < 1.29 is 18.0 Å². The number of benzene rings is 2. The maximum absolute atomic E-state index is 13.8. The summed E-state index contributed by atoms with van der Waals surface area (Å²) in [5.41, 5.74) is 3.64. The number of unbranched alkanes of at least 4 members (excludes halogenated alkanes) is 1. The van der Waals surface area contributed by atoms with Gasteiger partial charge in [-0.25, -0.2) is 5.01 Å². The second-order valence-electron chi connectivity index (χ2n) is 6.43. The molecule has 1 atom stereocenters. The van der Waals surface area contributed by atoms with Crippen molar-refractivity contribution in [2.45, 2.75) is 44.8 Å². The first-order chi connectivity index (χ1) is 11.9. The highest BCUT2D eigenvalue weighted by molar-refractivity contribution is 5.87. The Hall–Kier alpha value is -2.08. The summed E-state index contributed by atoms with van der Waals surface area (Å²) in [5.74, 6) is -0.378. The summed E-state index contributed by atoms with van der Waals surface area (Å²) >= 11 is 0. The summed E-state index contributed by atoms with van der Waals surface area (Å²) in [6, 6.07) is 8.77. The third-order valence-electron chi connectivity index (χ3n) is 4.56. The Balaban J connectivity index is 2.03. The molecule has 1 aliphatic rings. The molecule has 6 heteroatoms. The Bertz CT molecular complexity index is 773. The number of alkyl halides is 3. The van der Waals surface area contributed by atoms with Crippen LogP contribution >= 0.6 is 0 Å². The van der Waals surface area contributed by atoms with Crippen LogP contribution in [-0.4, -0.2) is 23.6 Å². The molecule has 0 bridgehead atoms. The summed E-state index contributed by atoms with van der Waals surface area (Å²) in [6.45, 7) is 2.16. The van der Waals surface area contributed by atoms with Gasteiger partial charge >= 0.3 is 6.18 Å². The van der Waals surface area contributed by atoms with E-state index in [-0.39, 0.29) is 24.4 Å². The Morgan fingerprint density at radius 1 is 1.24 bits per heavy atom. The summed E-state index contributed by atoms with van der Waals surface area (Å²) in [4.78, 5) is 11.4. The van der Waals surface area contributed by atoms with Crippen molar-refractivity contribution in [2.75, 3.05) is 6.54 Å². The number of hydrogen-bond acceptors (Lipinski definition) is 2. The van der Waals surface area contributed by atoms with Gasteiger partial charge < -0.3 is 0 Å². The minimum Gasteiger partial charge on any atom is -0.288 e. The molecular formula is C19H21F3N2O. The van der Waals surface area contributed by atoms with Crippen molar-refractivity contribution in [3.63, 3.8) is 0 Å². The van der Waals surface area contributed by atoms with Gasteiger partial charge in [-0.2, -0.15) is 13.2 Å². The van der Waals surface area contributed by atoms with Crippen LogP contribution in [0.4, 0.5) is 13.2 Å². The Kier molecular flexibility index (Phi) is 4.99. The molecule has 3 rings (SSSR count). The lowest BCUT2D eigenvalue weighted by Gasteiger charge is -2.30. The predicted octanol–water partition coefficient (Wildman–Crippen LogP) is 4.52. The van der Waals surface area contributed by atoms with Crippen LogP contribution in [0.15, 0.2) is 36.4 Å². The summed E-state index contributed by atoms with van der Waals surface area (Å²) < 4.78 is 41.3. The van der Waals surface area contributed by atoms with E-state index in [0.717, 1.165) is 35.2 Å². The molecule has 1 saturated heterocycles. The highest BCUT2D eigenvalue weighted by Crippen LogP contribution is 2.40. The molecule has 0 aromatic heterocycles. The molecule has 0 spiro atoms. The maximum Gasteiger partial charge on any atom is 0.409 e. The number of amides is 1. The van der Waals surface area contributed by atoms with Crippen LogP contribution in [0.2, 0.25) is 0 Å². The number of fused-ring (bicyclic) bond motifs is 1. The van der Waals surface area contributed by atoms with E-state index in [1.165, 1.54) is 6.07 Å². The molecule has 1 amide bonds.